The number of benzene rings is 3. The molecule has 0 aliphatic carbocycles. The average molecular weight is 614 g/mol. The fourth-order valence-electron chi connectivity index (χ4n) is 5.44. The molecule has 0 saturated carbocycles. The second kappa shape index (κ2) is 13.9. The molecule has 0 N–H and O–H groups in total. The summed E-state index contributed by atoms with van der Waals surface area (Å²) >= 11 is 6.10. The summed E-state index contributed by atoms with van der Waals surface area (Å²) in [5, 5.41) is 0.653. The molecular weight excluding hydrogens is 576 g/mol. The molecule has 0 spiro atoms. The van der Waals surface area contributed by atoms with Gasteiger partial charge in [0.25, 0.3) is 5.91 Å². The number of hydrogen-bond donors (Lipinski definition) is 0. The van der Waals surface area contributed by atoms with Gasteiger partial charge in [-0.3, -0.25) is 9.28 Å². The average Bonchev–Trinajstić information content (AvgIpc) is 3.05. The van der Waals surface area contributed by atoms with Gasteiger partial charge >= 0.3 is 5.91 Å². The molecule has 0 radical (unpaired) electrons. The third kappa shape index (κ3) is 6.60. The molecule has 0 unspecified atom stereocenters. The summed E-state index contributed by atoms with van der Waals surface area (Å²) in [7, 11) is 9.08. The van der Waals surface area contributed by atoms with E-state index >= 15 is 0 Å². The maximum absolute atomic E-state index is 14.4. The Kier molecular flexibility index (Phi) is 10.3. The standard InChI is InChI=1S/C32H38ClN2O8/c1-38-25-17-22(18-26(39-2)29(25)42-5)31(36)34-12-15-35(16-13-34,14-11-21-7-9-24(33)10-8-21)32(37)23-19-27(40-3)30(43-6)28(20-23)41-4/h7-10,17-20H,11-16H2,1-6H3/q+1. The second-order valence-electron chi connectivity index (χ2n) is 10.1. The number of methoxy groups -OCH3 is 6. The Hall–Kier alpha value is -4.15. The van der Waals surface area contributed by atoms with Crippen LogP contribution >= 0.6 is 11.6 Å². The SMILES string of the molecule is COc1cc(C(=O)N2CC[N+](CCc3ccc(Cl)cc3)(C(=O)c3cc(OC)c(OC)c(OC)c3)CC2)cc(OC)c1OC. The van der Waals surface area contributed by atoms with Crippen molar-refractivity contribution in [1.82, 2.24) is 4.90 Å². The van der Waals surface area contributed by atoms with Gasteiger partial charge in [-0.05, 0) is 29.8 Å². The fraction of sp³-hybridized carbons (Fsp3) is 0.375. The molecule has 230 valence electrons. The van der Waals surface area contributed by atoms with Crippen molar-refractivity contribution in [3.8, 4) is 34.5 Å². The van der Waals surface area contributed by atoms with Gasteiger partial charge in [0.1, 0.15) is 13.1 Å². The topological polar surface area (TPSA) is 92.8 Å². The maximum atomic E-state index is 14.4. The highest BCUT2D eigenvalue weighted by Crippen LogP contribution is 2.40. The van der Waals surface area contributed by atoms with Crippen LogP contribution in [0.25, 0.3) is 0 Å². The number of halogens is 1. The number of nitrogens with zero attached hydrogens (tertiary/aromatic N) is 2. The minimum Gasteiger partial charge on any atom is -0.493 e. The predicted octanol–water partition coefficient (Wildman–Crippen LogP) is 4.75. The summed E-state index contributed by atoms with van der Waals surface area (Å²) in [6.45, 7) is 2.10. The van der Waals surface area contributed by atoms with Crippen molar-refractivity contribution in [2.45, 2.75) is 6.42 Å². The molecule has 1 heterocycles. The van der Waals surface area contributed by atoms with Gasteiger partial charge in [0, 0.05) is 29.1 Å². The van der Waals surface area contributed by atoms with Crippen LogP contribution in [0.1, 0.15) is 26.3 Å². The van der Waals surface area contributed by atoms with E-state index in [9.17, 15) is 9.59 Å². The van der Waals surface area contributed by atoms with Crippen LogP contribution in [-0.2, 0) is 6.42 Å². The summed E-state index contributed by atoms with van der Waals surface area (Å²) in [6.07, 6.45) is 0.647. The Labute approximate surface area is 257 Å². The van der Waals surface area contributed by atoms with Gasteiger partial charge in [-0.15, -0.1) is 0 Å². The van der Waals surface area contributed by atoms with Gasteiger partial charge in [0.05, 0.1) is 67.9 Å². The third-order valence-electron chi connectivity index (χ3n) is 7.88. The number of amides is 2. The highest BCUT2D eigenvalue weighted by molar-refractivity contribution is 6.30. The van der Waals surface area contributed by atoms with E-state index in [4.69, 9.17) is 40.0 Å². The molecule has 43 heavy (non-hydrogen) atoms. The van der Waals surface area contributed by atoms with Crippen LogP contribution in [0, 0.1) is 0 Å². The first kappa shape index (κ1) is 31.8. The monoisotopic (exact) mass is 613 g/mol. The summed E-state index contributed by atoms with van der Waals surface area (Å²) < 4.78 is 32.9. The molecule has 1 fully saturated rings. The minimum atomic E-state index is -0.185. The smallest absolute Gasteiger partial charge is 0.346 e. The summed E-state index contributed by atoms with van der Waals surface area (Å²) in [5.41, 5.74) is 1.91. The quantitative estimate of drug-likeness (QED) is 0.286. The molecule has 0 atom stereocenters. The molecule has 3 aromatic rings. The highest BCUT2D eigenvalue weighted by atomic mass is 35.5. The Morgan fingerprint density at radius 2 is 1.14 bits per heavy atom. The van der Waals surface area contributed by atoms with Crippen LogP contribution < -0.4 is 28.4 Å². The van der Waals surface area contributed by atoms with Crippen molar-refractivity contribution in [3.63, 3.8) is 0 Å². The van der Waals surface area contributed by atoms with E-state index in [-0.39, 0.29) is 16.3 Å². The van der Waals surface area contributed by atoms with Gasteiger partial charge in [-0.2, -0.15) is 0 Å². The Bertz CT molecular complexity index is 1400. The Balaban J connectivity index is 1.65. The van der Waals surface area contributed by atoms with Gasteiger partial charge < -0.3 is 33.3 Å². The summed E-state index contributed by atoms with van der Waals surface area (Å²) in [4.78, 5) is 29.8. The molecule has 2 amide bonds. The van der Waals surface area contributed by atoms with Crippen LogP contribution in [-0.4, -0.2) is 96.6 Å². The van der Waals surface area contributed by atoms with Crippen molar-refractivity contribution >= 4 is 23.4 Å². The number of carbonyl (C=O) groups excluding carboxylic acids is 2. The zero-order chi connectivity index (χ0) is 31.1. The first-order valence-electron chi connectivity index (χ1n) is 13.8. The highest BCUT2D eigenvalue weighted by Gasteiger charge is 2.42. The largest absolute Gasteiger partial charge is 0.493 e. The first-order valence-corrected chi connectivity index (χ1v) is 14.2. The van der Waals surface area contributed by atoms with E-state index in [0.717, 1.165) is 5.56 Å². The van der Waals surface area contributed by atoms with Crippen LogP contribution in [0.3, 0.4) is 0 Å². The summed E-state index contributed by atoms with van der Waals surface area (Å²) in [5.74, 6) is 2.14. The molecule has 0 bridgehead atoms. The number of ether oxygens (including phenoxy) is 6. The Morgan fingerprint density at radius 1 is 0.698 bits per heavy atom. The lowest BCUT2D eigenvalue weighted by Gasteiger charge is -2.43. The number of rotatable bonds is 11. The molecule has 10 nitrogen and oxygen atoms in total. The van der Waals surface area contributed by atoms with Crippen molar-refractivity contribution < 1.29 is 42.5 Å². The van der Waals surface area contributed by atoms with Crippen LogP contribution in [0.4, 0.5) is 0 Å². The van der Waals surface area contributed by atoms with Gasteiger partial charge in [-0.25, -0.2) is 4.79 Å². The van der Waals surface area contributed by atoms with E-state index in [2.05, 4.69) is 0 Å². The van der Waals surface area contributed by atoms with E-state index < -0.39 is 0 Å². The predicted molar refractivity (Wildman–Crippen MR) is 162 cm³/mol. The van der Waals surface area contributed by atoms with E-state index in [1.54, 1.807) is 29.2 Å². The number of carbonyl (C=O) groups is 2. The van der Waals surface area contributed by atoms with Crippen molar-refractivity contribution in [1.29, 1.82) is 0 Å². The lowest BCUT2D eigenvalue weighted by Crippen LogP contribution is -2.63. The van der Waals surface area contributed by atoms with Gasteiger partial charge in [-0.1, -0.05) is 23.7 Å². The molecule has 3 aromatic carbocycles. The van der Waals surface area contributed by atoms with Crippen LogP contribution in [0.5, 0.6) is 34.5 Å². The molecule has 1 saturated heterocycles. The van der Waals surface area contributed by atoms with Crippen LogP contribution in [0.2, 0.25) is 5.02 Å². The fourth-order valence-corrected chi connectivity index (χ4v) is 5.56. The molecule has 4 rings (SSSR count). The zero-order valence-corrected chi connectivity index (χ0v) is 26.2. The first-order chi connectivity index (χ1) is 20.7. The zero-order valence-electron chi connectivity index (χ0n) is 25.4. The lowest BCUT2D eigenvalue weighted by molar-refractivity contribution is -0.853. The third-order valence-corrected chi connectivity index (χ3v) is 8.13. The van der Waals surface area contributed by atoms with Crippen molar-refractivity contribution in [3.05, 3.63) is 70.2 Å². The molecule has 1 aliphatic rings. The molecular formula is C32H38ClN2O8+. The maximum Gasteiger partial charge on any atom is 0.346 e. The molecule has 11 heteroatoms. The van der Waals surface area contributed by atoms with Gasteiger partial charge in [0.2, 0.25) is 11.5 Å². The van der Waals surface area contributed by atoms with Crippen molar-refractivity contribution in [2.24, 2.45) is 0 Å². The number of quaternary nitrogens is 1. The summed E-state index contributed by atoms with van der Waals surface area (Å²) in [6, 6.07) is 14.3. The number of hydrogen-bond acceptors (Lipinski definition) is 8. The van der Waals surface area contributed by atoms with Crippen molar-refractivity contribution in [2.75, 3.05) is 75.4 Å². The minimum absolute atomic E-state index is 0.0897. The van der Waals surface area contributed by atoms with Crippen LogP contribution in [0.15, 0.2) is 48.5 Å². The lowest BCUT2D eigenvalue weighted by atomic mass is 10.0. The van der Waals surface area contributed by atoms with Gasteiger partial charge in [0.15, 0.2) is 23.0 Å². The van der Waals surface area contributed by atoms with E-state index in [1.165, 1.54) is 42.7 Å². The Morgan fingerprint density at radius 3 is 1.56 bits per heavy atom. The van der Waals surface area contributed by atoms with E-state index in [1.807, 2.05) is 24.3 Å². The normalized spacial score (nSPS) is 14.1. The number of piperazine rings is 1. The molecule has 0 aromatic heterocycles. The van der Waals surface area contributed by atoms with E-state index in [0.29, 0.717) is 89.8 Å². The second-order valence-corrected chi connectivity index (χ2v) is 10.6. The molecule has 1 aliphatic heterocycles.